The van der Waals surface area contributed by atoms with E-state index < -0.39 is 12.1 Å². The van der Waals surface area contributed by atoms with Gasteiger partial charge in [0.1, 0.15) is 11.6 Å². The molecule has 38 heavy (non-hydrogen) atoms. The summed E-state index contributed by atoms with van der Waals surface area (Å²) in [7, 11) is 0. The van der Waals surface area contributed by atoms with Crippen molar-refractivity contribution < 1.29 is 24.6 Å². The van der Waals surface area contributed by atoms with E-state index in [0.717, 1.165) is 12.8 Å². The number of phenolic OH excluding ortho intramolecular Hbond substituents is 1. The van der Waals surface area contributed by atoms with Gasteiger partial charge in [-0.15, -0.1) is 0 Å². The number of hydrogen-bond acceptors (Lipinski definition) is 7. The fraction of sp³-hybridized carbons (Fsp3) is 0.346. The Labute approximate surface area is 228 Å². The molecule has 2 amide bonds. The van der Waals surface area contributed by atoms with Gasteiger partial charge in [-0.2, -0.15) is 0 Å². The van der Waals surface area contributed by atoms with Crippen LogP contribution in [0.1, 0.15) is 49.9 Å². The summed E-state index contributed by atoms with van der Waals surface area (Å²) in [5.41, 5.74) is 3.24. The van der Waals surface area contributed by atoms with Crippen molar-refractivity contribution in [3.8, 4) is 17.0 Å². The quantitative estimate of drug-likeness (QED) is 0.253. The van der Waals surface area contributed by atoms with E-state index in [1.807, 2.05) is 0 Å². The zero-order valence-corrected chi connectivity index (χ0v) is 22.2. The number of phenols is 1. The number of ketones is 1. The highest BCUT2D eigenvalue weighted by Gasteiger charge is 2.26. The highest BCUT2D eigenvalue weighted by atomic mass is 35.5. The van der Waals surface area contributed by atoms with Gasteiger partial charge in [0.25, 0.3) is 0 Å². The molecule has 2 aromatic heterocycles. The maximum absolute atomic E-state index is 12.5. The molecule has 5 N–H and O–H groups in total. The molecule has 200 valence electrons. The molecule has 1 atom stereocenters. The van der Waals surface area contributed by atoms with Crippen molar-refractivity contribution in [2.75, 3.05) is 5.32 Å². The number of aromatic nitrogens is 2. The number of nitrogens with one attached hydrogen (secondary N) is 3. The van der Waals surface area contributed by atoms with Gasteiger partial charge in [0.05, 0.1) is 32.5 Å². The fourth-order valence-electron chi connectivity index (χ4n) is 4.52. The number of nitrogens with zero attached hydrogens (tertiary/aromatic N) is 2. The number of aromatic hydroxyl groups is 1. The Kier molecular flexibility index (Phi) is 8.23. The summed E-state index contributed by atoms with van der Waals surface area (Å²) in [5.74, 6) is -0.736. The minimum absolute atomic E-state index is 0.0180. The molecule has 2 heterocycles. The van der Waals surface area contributed by atoms with Gasteiger partial charge in [-0.1, -0.05) is 23.2 Å². The third-order valence-corrected chi connectivity index (χ3v) is 7.14. The van der Waals surface area contributed by atoms with Gasteiger partial charge in [0, 0.05) is 23.8 Å². The lowest BCUT2D eigenvalue weighted by Crippen LogP contribution is -2.49. The number of halogens is 2. The van der Waals surface area contributed by atoms with Crippen molar-refractivity contribution in [1.29, 1.82) is 0 Å². The van der Waals surface area contributed by atoms with Crippen molar-refractivity contribution >= 4 is 57.7 Å². The molecule has 0 spiro atoms. The Bertz CT molecular complexity index is 1390. The second kappa shape index (κ2) is 11.4. The number of carboxylic acid groups (broad SMARTS) is 1. The summed E-state index contributed by atoms with van der Waals surface area (Å²) < 4.78 is 0. The fourth-order valence-corrected chi connectivity index (χ4v) is 5.00. The largest absolute Gasteiger partial charge is 0.505 e. The molecule has 0 saturated heterocycles. The highest BCUT2D eigenvalue weighted by Crippen LogP contribution is 2.37. The third kappa shape index (κ3) is 6.08. The Morgan fingerprint density at radius 3 is 2.29 bits per heavy atom. The number of pyridine rings is 2. The number of anilines is 1. The number of carbonyl (C=O) groups excluding carboxylic acids is 2. The van der Waals surface area contributed by atoms with E-state index in [1.165, 1.54) is 20.0 Å². The van der Waals surface area contributed by atoms with Crippen molar-refractivity contribution in [2.45, 2.75) is 57.7 Å². The molecule has 1 fully saturated rings. The smallest absolute Gasteiger partial charge is 0.405 e. The first-order chi connectivity index (χ1) is 18.0. The Morgan fingerprint density at radius 1 is 1.05 bits per heavy atom. The Balaban J connectivity index is 1.56. The summed E-state index contributed by atoms with van der Waals surface area (Å²) in [6, 6.07) is 5.78. The lowest BCUT2D eigenvalue weighted by molar-refractivity contribution is -0.123. The van der Waals surface area contributed by atoms with Crippen LogP contribution in [-0.4, -0.2) is 56.1 Å². The van der Waals surface area contributed by atoms with Crippen molar-refractivity contribution in [3.05, 3.63) is 46.1 Å². The van der Waals surface area contributed by atoms with Gasteiger partial charge in [-0.3, -0.25) is 14.6 Å². The van der Waals surface area contributed by atoms with Gasteiger partial charge in [-0.05, 0) is 63.8 Å². The van der Waals surface area contributed by atoms with E-state index >= 15 is 0 Å². The molecular formula is C26H27Cl2N5O5. The molecule has 0 radical (unpaired) electrons. The van der Waals surface area contributed by atoms with Crippen LogP contribution in [0.2, 0.25) is 10.0 Å². The molecule has 1 aliphatic rings. The lowest BCUT2D eigenvalue weighted by Gasteiger charge is -2.31. The monoisotopic (exact) mass is 559 g/mol. The summed E-state index contributed by atoms with van der Waals surface area (Å²) in [6.07, 6.45) is 3.09. The van der Waals surface area contributed by atoms with E-state index in [4.69, 9.17) is 33.3 Å². The molecule has 3 aromatic rings. The van der Waals surface area contributed by atoms with E-state index in [-0.39, 0.29) is 39.6 Å². The molecule has 1 saturated carbocycles. The molecule has 12 heteroatoms. The van der Waals surface area contributed by atoms with E-state index in [9.17, 15) is 19.5 Å². The van der Waals surface area contributed by atoms with Crippen molar-refractivity contribution in [2.24, 2.45) is 0 Å². The summed E-state index contributed by atoms with van der Waals surface area (Å²) in [5, 5.41) is 27.5. The Morgan fingerprint density at radius 2 is 1.68 bits per heavy atom. The molecule has 1 unspecified atom stereocenters. The molecular weight excluding hydrogens is 533 g/mol. The number of benzene rings is 1. The van der Waals surface area contributed by atoms with Gasteiger partial charge in [-0.25, -0.2) is 9.78 Å². The SMILES string of the molecule is CC(=O)c1cnc2ccc(-c3cc(Cl)c(O)c(Cl)c3)nc2c1NC1CCC(NC(=O)C(C)NC(=O)O)CC1. The molecule has 4 rings (SSSR count). The van der Waals surface area contributed by atoms with Crippen LogP contribution in [0.25, 0.3) is 22.3 Å². The predicted octanol–water partition coefficient (Wildman–Crippen LogP) is 5.01. The summed E-state index contributed by atoms with van der Waals surface area (Å²) in [6.45, 7) is 2.96. The zero-order chi connectivity index (χ0) is 27.6. The number of fused-ring (bicyclic) bond motifs is 1. The molecule has 0 bridgehead atoms. The minimum Gasteiger partial charge on any atom is -0.505 e. The second-order valence-electron chi connectivity index (χ2n) is 9.33. The standard InChI is InChI=1S/C26H27Cl2N5O5/c1-12(30-26(37)38)25(36)32-16-5-3-15(4-6-16)31-22-17(13(2)34)11-29-21-8-7-20(33-23(21)22)14-9-18(27)24(35)19(28)10-14/h7-12,15-16,30,35H,3-6H2,1-2H3,(H,29,31)(H,32,36)(H,37,38). The topological polar surface area (TPSA) is 154 Å². The zero-order valence-electron chi connectivity index (χ0n) is 20.7. The summed E-state index contributed by atoms with van der Waals surface area (Å²) in [4.78, 5) is 44.7. The van der Waals surface area contributed by atoms with Crippen LogP contribution in [0.4, 0.5) is 10.5 Å². The number of amides is 2. The average Bonchev–Trinajstić information content (AvgIpc) is 2.87. The average molecular weight is 560 g/mol. The Hall–Kier alpha value is -3.63. The van der Waals surface area contributed by atoms with Crippen molar-refractivity contribution in [3.63, 3.8) is 0 Å². The maximum Gasteiger partial charge on any atom is 0.405 e. The number of rotatable bonds is 7. The second-order valence-corrected chi connectivity index (χ2v) is 10.1. The van der Waals surface area contributed by atoms with Crippen LogP contribution < -0.4 is 16.0 Å². The first-order valence-electron chi connectivity index (χ1n) is 12.1. The van der Waals surface area contributed by atoms with Gasteiger partial charge in [0.15, 0.2) is 11.5 Å². The molecule has 1 aliphatic carbocycles. The number of carbonyl (C=O) groups is 3. The van der Waals surface area contributed by atoms with E-state index in [2.05, 4.69) is 20.9 Å². The number of hydrogen-bond donors (Lipinski definition) is 5. The van der Waals surface area contributed by atoms with E-state index in [1.54, 1.807) is 24.3 Å². The molecule has 0 aliphatic heterocycles. The maximum atomic E-state index is 12.5. The van der Waals surface area contributed by atoms with Crippen LogP contribution in [0.3, 0.4) is 0 Å². The highest BCUT2D eigenvalue weighted by molar-refractivity contribution is 6.37. The van der Waals surface area contributed by atoms with Crippen LogP contribution >= 0.6 is 23.2 Å². The van der Waals surface area contributed by atoms with Gasteiger partial charge >= 0.3 is 6.09 Å². The molecule has 10 nitrogen and oxygen atoms in total. The van der Waals surface area contributed by atoms with Crippen LogP contribution in [0.5, 0.6) is 5.75 Å². The van der Waals surface area contributed by atoms with Crippen LogP contribution in [0.15, 0.2) is 30.5 Å². The first kappa shape index (κ1) is 27.4. The summed E-state index contributed by atoms with van der Waals surface area (Å²) >= 11 is 12.2. The third-order valence-electron chi connectivity index (χ3n) is 6.56. The normalized spacial score (nSPS) is 18.0. The van der Waals surface area contributed by atoms with E-state index in [0.29, 0.717) is 46.4 Å². The van der Waals surface area contributed by atoms with Crippen molar-refractivity contribution in [1.82, 2.24) is 20.6 Å². The predicted molar refractivity (Wildman–Crippen MR) is 145 cm³/mol. The minimum atomic E-state index is -1.25. The van der Waals surface area contributed by atoms with Gasteiger partial charge in [0.2, 0.25) is 5.91 Å². The van der Waals surface area contributed by atoms with Crippen LogP contribution in [0, 0.1) is 0 Å². The lowest BCUT2D eigenvalue weighted by atomic mass is 9.90. The molecule has 1 aromatic carbocycles. The first-order valence-corrected chi connectivity index (χ1v) is 12.8. The van der Waals surface area contributed by atoms with Gasteiger partial charge < -0.3 is 26.2 Å². The number of Topliss-reactive ketones (excluding diaryl/α,β-unsaturated/α-hetero) is 1. The van der Waals surface area contributed by atoms with Crippen LogP contribution in [-0.2, 0) is 4.79 Å².